The number of ether oxygens (including phenoxy) is 1. The van der Waals surface area contributed by atoms with Gasteiger partial charge in [-0.15, -0.1) is 0 Å². The van der Waals surface area contributed by atoms with Crippen LogP contribution >= 0.6 is 0 Å². The van der Waals surface area contributed by atoms with E-state index in [9.17, 15) is 9.59 Å². The first-order chi connectivity index (χ1) is 14.0. The van der Waals surface area contributed by atoms with Gasteiger partial charge in [-0.1, -0.05) is 62.4 Å². The molecule has 2 rings (SSSR count). The second kappa shape index (κ2) is 11.2. The summed E-state index contributed by atoms with van der Waals surface area (Å²) in [5, 5.41) is 3.01. The number of para-hydroxylation sites is 1. The quantitative estimate of drug-likeness (QED) is 0.658. The molecule has 2 aromatic rings. The Labute approximate surface area is 174 Å². The molecule has 1 N–H and O–H groups in total. The van der Waals surface area contributed by atoms with Crippen LogP contribution in [0.4, 0.5) is 0 Å². The number of amides is 2. The van der Waals surface area contributed by atoms with E-state index in [0.29, 0.717) is 18.7 Å². The second-order valence-corrected chi connectivity index (χ2v) is 7.30. The van der Waals surface area contributed by atoms with Gasteiger partial charge in [-0.25, -0.2) is 0 Å². The first kappa shape index (κ1) is 22.5. The molecule has 29 heavy (non-hydrogen) atoms. The van der Waals surface area contributed by atoms with Gasteiger partial charge in [0.05, 0.1) is 0 Å². The zero-order chi connectivity index (χ0) is 21.2. The molecule has 156 valence electrons. The Morgan fingerprint density at radius 2 is 1.66 bits per heavy atom. The number of carbonyl (C=O) groups is 2. The summed E-state index contributed by atoms with van der Waals surface area (Å²) in [6.07, 6.45) is 1.37. The molecular weight excluding hydrogens is 364 g/mol. The Bertz CT molecular complexity index is 792. The van der Waals surface area contributed by atoms with E-state index in [1.54, 1.807) is 4.90 Å². The fourth-order valence-electron chi connectivity index (χ4n) is 3.08. The predicted octanol–water partition coefficient (Wildman–Crippen LogP) is 4.10. The van der Waals surface area contributed by atoms with Crippen LogP contribution in [-0.2, 0) is 16.1 Å². The third-order valence-electron chi connectivity index (χ3n) is 5.03. The van der Waals surface area contributed by atoms with E-state index < -0.39 is 6.04 Å². The van der Waals surface area contributed by atoms with Gasteiger partial charge in [0.2, 0.25) is 5.91 Å². The molecule has 0 fully saturated rings. The molecule has 0 aliphatic carbocycles. The smallest absolute Gasteiger partial charge is 0.261 e. The van der Waals surface area contributed by atoms with Crippen LogP contribution in [0.15, 0.2) is 54.6 Å². The Balaban J connectivity index is 2.19. The van der Waals surface area contributed by atoms with Crippen LogP contribution in [0.5, 0.6) is 5.75 Å². The van der Waals surface area contributed by atoms with E-state index in [1.165, 1.54) is 0 Å². The molecule has 0 aliphatic heterocycles. The third kappa shape index (κ3) is 6.63. The van der Waals surface area contributed by atoms with Crippen molar-refractivity contribution >= 4 is 11.8 Å². The molecular formula is C24H32N2O3. The van der Waals surface area contributed by atoms with Crippen LogP contribution in [0.2, 0.25) is 0 Å². The first-order valence-corrected chi connectivity index (χ1v) is 10.3. The van der Waals surface area contributed by atoms with Gasteiger partial charge in [-0.3, -0.25) is 9.59 Å². The third-order valence-corrected chi connectivity index (χ3v) is 5.03. The van der Waals surface area contributed by atoms with E-state index in [2.05, 4.69) is 5.32 Å². The van der Waals surface area contributed by atoms with Crippen LogP contribution in [0, 0.1) is 6.92 Å². The SMILES string of the molecule is CC[C@@H](C)NC(=O)[C@H](CC)N(Cc1ccccc1)C(=O)COc1ccccc1C. The Morgan fingerprint density at radius 3 is 2.28 bits per heavy atom. The molecule has 0 spiro atoms. The summed E-state index contributed by atoms with van der Waals surface area (Å²) in [5.74, 6) is 0.350. The van der Waals surface area contributed by atoms with Crippen molar-refractivity contribution in [1.29, 1.82) is 0 Å². The first-order valence-electron chi connectivity index (χ1n) is 10.3. The van der Waals surface area contributed by atoms with Crippen LogP contribution < -0.4 is 10.1 Å². The molecule has 5 heteroatoms. The van der Waals surface area contributed by atoms with Gasteiger partial charge in [-0.2, -0.15) is 0 Å². The van der Waals surface area contributed by atoms with Crippen molar-refractivity contribution in [3.05, 3.63) is 65.7 Å². The van der Waals surface area contributed by atoms with Crippen LogP contribution in [0.25, 0.3) is 0 Å². The molecule has 0 unspecified atom stereocenters. The van der Waals surface area contributed by atoms with Gasteiger partial charge in [0.25, 0.3) is 5.91 Å². The summed E-state index contributed by atoms with van der Waals surface area (Å²) in [7, 11) is 0. The van der Waals surface area contributed by atoms with E-state index in [4.69, 9.17) is 4.74 Å². The highest BCUT2D eigenvalue weighted by Gasteiger charge is 2.29. The molecule has 0 radical (unpaired) electrons. The number of hydrogen-bond acceptors (Lipinski definition) is 3. The summed E-state index contributed by atoms with van der Waals surface area (Å²) in [5.41, 5.74) is 1.95. The van der Waals surface area contributed by atoms with Gasteiger partial charge in [0, 0.05) is 12.6 Å². The lowest BCUT2D eigenvalue weighted by Gasteiger charge is -2.31. The molecule has 2 amide bonds. The summed E-state index contributed by atoms with van der Waals surface area (Å²) < 4.78 is 5.77. The van der Waals surface area contributed by atoms with Crippen molar-refractivity contribution in [2.24, 2.45) is 0 Å². The van der Waals surface area contributed by atoms with Crippen molar-refractivity contribution in [2.75, 3.05) is 6.61 Å². The van der Waals surface area contributed by atoms with Crippen molar-refractivity contribution < 1.29 is 14.3 Å². The summed E-state index contributed by atoms with van der Waals surface area (Å²) in [4.78, 5) is 27.6. The van der Waals surface area contributed by atoms with Crippen molar-refractivity contribution in [2.45, 2.75) is 59.2 Å². The summed E-state index contributed by atoms with van der Waals surface area (Å²) >= 11 is 0. The van der Waals surface area contributed by atoms with Crippen molar-refractivity contribution in [3.63, 3.8) is 0 Å². The minimum Gasteiger partial charge on any atom is -0.484 e. The number of nitrogens with one attached hydrogen (secondary N) is 1. The highest BCUT2D eigenvalue weighted by molar-refractivity contribution is 5.88. The maximum atomic E-state index is 13.1. The molecule has 2 aromatic carbocycles. The highest BCUT2D eigenvalue weighted by Crippen LogP contribution is 2.18. The topological polar surface area (TPSA) is 58.6 Å². The molecule has 0 heterocycles. The van der Waals surface area contributed by atoms with E-state index in [-0.39, 0.29) is 24.5 Å². The summed E-state index contributed by atoms with van der Waals surface area (Å²) in [6, 6.07) is 16.8. The van der Waals surface area contributed by atoms with E-state index >= 15 is 0 Å². The Kier molecular flexibility index (Phi) is 8.71. The van der Waals surface area contributed by atoms with E-state index in [1.807, 2.05) is 82.3 Å². The highest BCUT2D eigenvalue weighted by atomic mass is 16.5. The monoisotopic (exact) mass is 396 g/mol. The lowest BCUT2D eigenvalue weighted by molar-refractivity contribution is -0.143. The van der Waals surface area contributed by atoms with E-state index in [0.717, 1.165) is 17.5 Å². The van der Waals surface area contributed by atoms with Crippen molar-refractivity contribution in [1.82, 2.24) is 10.2 Å². The fraction of sp³-hybridized carbons (Fsp3) is 0.417. The molecule has 0 saturated heterocycles. The number of benzene rings is 2. The molecule has 0 aliphatic rings. The lowest BCUT2D eigenvalue weighted by atomic mass is 10.1. The van der Waals surface area contributed by atoms with Crippen LogP contribution in [0.1, 0.15) is 44.7 Å². The van der Waals surface area contributed by atoms with Gasteiger partial charge < -0.3 is 15.0 Å². The zero-order valence-corrected chi connectivity index (χ0v) is 17.9. The van der Waals surface area contributed by atoms with Gasteiger partial charge >= 0.3 is 0 Å². The average Bonchev–Trinajstić information content (AvgIpc) is 2.73. The normalized spacial score (nSPS) is 12.7. The van der Waals surface area contributed by atoms with Gasteiger partial charge in [0.1, 0.15) is 11.8 Å². The molecule has 2 atom stereocenters. The predicted molar refractivity (Wildman–Crippen MR) is 116 cm³/mol. The molecule has 0 saturated carbocycles. The van der Waals surface area contributed by atoms with Crippen LogP contribution in [-0.4, -0.2) is 35.4 Å². The zero-order valence-electron chi connectivity index (χ0n) is 17.9. The van der Waals surface area contributed by atoms with Crippen LogP contribution in [0.3, 0.4) is 0 Å². The van der Waals surface area contributed by atoms with Crippen molar-refractivity contribution in [3.8, 4) is 5.75 Å². The lowest BCUT2D eigenvalue weighted by Crippen LogP contribution is -2.51. The second-order valence-electron chi connectivity index (χ2n) is 7.30. The molecule has 5 nitrogen and oxygen atoms in total. The minimum atomic E-state index is -0.544. The average molecular weight is 397 g/mol. The number of aryl methyl sites for hydroxylation is 1. The fourth-order valence-corrected chi connectivity index (χ4v) is 3.08. The molecule has 0 aromatic heterocycles. The standard InChI is InChI=1S/C24H32N2O3/c1-5-19(4)25-24(28)21(6-2)26(16-20-13-8-7-9-14-20)23(27)17-29-22-15-11-10-12-18(22)3/h7-15,19,21H,5-6,16-17H2,1-4H3,(H,25,28)/t19-,21+/m1/s1. The number of hydrogen-bond donors (Lipinski definition) is 1. The maximum absolute atomic E-state index is 13.1. The van der Waals surface area contributed by atoms with Gasteiger partial charge in [-0.05, 0) is 43.9 Å². The number of carbonyl (C=O) groups excluding carboxylic acids is 2. The number of rotatable bonds is 10. The number of nitrogens with zero attached hydrogens (tertiary/aromatic N) is 1. The largest absolute Gasteiger partial charge is 0.484 e. The Morgan fingerprint density at radius 1 is 1.00 bits per heavy atom. The van der Waals surface area contributed by atoms with Gasteiger partial charge in [0.15, 0.2) is 6.61 Å². The Hall–Kier alpha value is -2.82. The maximum Gasteiger partial charge on any atom is 0.261 e. The minimum absolute atomic E-state index is 0.0634. The summed E-state index contributed by atoms with van der Waals surface area (Å²) in [6.45, 7) is 8.11. The molecule has 0 bridgehead atoms.